The third-order valence-electron chi connectivity index (χ3n) is 2.68. The van der Waals surface area contributed by atoms with Crippen LogP contribution in [0.4, 0.5) is 5.69 Å². The fourth-order valence-corrected chi connectivity index (χ4v) is 2.08. The SMILES string of the molecule is CC(=O)N1c2ccccc2C(C(=O)O)N1C. The Labute approximate surface area is 92.9 Å². The molecule has 0 radical (unpaired) electrons. The summed E-state index contributed by atoms with van der Waals surface area (Å²) in [4.78, 5) is 22.6. The Hall–Kier alpha value is -1.88. The van der Waals surface area contributed by atoms with Crippen LogP contribution in [-0.4, -0.2) is 29.0 Å². The highest BCUT2D eigenvalue weighted by Gasteiger charge is 2.40. The van der Waals surface area contributed by atoms with E-state index in [1.165, 1.54) is 16.9 Å². The number of carbonyl (C=O) groups is 2. The number of aliphatic carboxylic acids is 1. The standard InChI is InChI=1S/C11H12N2O3/c1-7(14)13-9-6-4-3-5-8(9)10(11(15)16)12(13)2/h3-6,10H,1-2H3,(H,15,16). The first kappa shape index (κ1) is 10.6. The summed E-state index contributed by atoms with van der Waals surface area (Å²) in [6.07, 6.45) is 0. The van der Waals surface area contributed by atoms with Crippen LogP contribution in [0.25, 0.3) is 0 Å². The Kier molecular flexibility index (Phi) is 2.40. The van der Waals surface area contributed by atoms with Gasteiger partial charge in [0.25, 0.3) is 0 Å². The average Bonchev–Trinajstić information content (AvgIpc) is 2.49. The van der Waals surface area contributed by atoms with Gasteiger partial charge in [-0.15, -0.1) is 0 Å². The summed E-state index contributed by atoms with van der Waals surface area (Å²) in [5.74, 6) is -1.16. The van der Waals surface area contributed by atoms with Gasteiger partial charge in [0.15, 0.2) is 6.04 Å². The molecule has 1 unspecified atom stereocenters. The number of fused-ring (bicyclic) bond motifs is 1. The highest BCUT2D eigenvalue weighted by molar-refractivity contribution is 5.95. The molecular weight excluding hydrogens is 208 g/mol. The number of carbonyl (C=O) groups excluding carboxylic acids is 1. The van der Waals surface area contributed by atoms with E-state index in [4.69, 9.17) is 5.11 Å². The second-order valence-corrected chi connectivity index (χ2v) is 3.70. The molecule has 1 aliphatic rings. The molecule has 5 nitrogen and oxygen atoms in total. The predicted octanol–water partition coefficient (Wildman–Crippen LogP) is 1.03. The van der Waals surface area contributed by atoms with E-state index < -0.39 is 12.0 Å². The van der Waals surface area contributed by atoms with E-state index in [9.17, 15) is 9.59 Å². The van der Waals surface area contributed by atoms with Crippen LogP contribution < -0.4 is 5.01 Å². The van der Waals surface area contributed by atoms with Crippen molar-refractivity contribution in [2.45, 2.75) is 13.0 Å². The van der Waals surface area contributed by atoms with Gasteiger partial charge in [0.05, 0.1) is 5.69 Å². The van der Waals surface area contributed by atoms with Gasteiger partial charge in [0.2, 0.25) is 5.91 Å². The molecule has 1 aliphatic heterocycles. The van der Waals surface area contributed by atoms with E-state index in [2.05, 4.69) is 0 Å². The van der Waals surface area contributed by atoms with Crippen LogP contribution in [0.2, 0.25) is 0 Å². The smallest absolute Gasteiger partial charge is 0.327 e. The number of hydrogen-bond acceptors (Lipinski definition) is 3. The number of benzene rings is 1. The quantitative estimate of drug-likeness (QED) is 0.767. The van der Waals surface area contributed by atoms with Crippen LogP contribution in [0.15, 0.2) is 24.3 Å². The van der Waals surface area contributed by atoms with Gasteiger partial charge >= 0.3 is 5.97 Å². The molecule has 16 heavy (non-hydrogen) atoms. The number of rotatable bonds is 1. The number of hydrogen-bond donors (Lipinski definition) is 1. The summed E-state index contributed by atoms with van der Waals surface area (Å²) in [5.41, 5.74) is 1.29. The third kappa shape index (κ3) is 1.37. The van der Waals surface area contributed by atoms with E-state index >= 15 is 0 Å². The van der Waals surface area contributed by atoms with Gasteiger partial charge in [0, 0.05) is 19.5 Å². The van der Waals surface area contributed by atoms with Gasteiger partial charge in [-0.2, -0.15) is 5.01 Å². The molecule has 2 rings (SSSR count). The lowest BCUT2D eigenvalue weighted by Gasteiger charge is -2.25. The zero-order chi connectivity index (χ0) is 11.9. The van der Waals surface area contributed by atoms with Crippen molar-refractivity contribution in [2.24, 2.45) is 0 Å². The summed E-state index contributed by atoms with van der Waals surface area (Å²) in [6, 6.07) is 6.24. The summed E-state index contributed by atoms with van der Waals surface area (Å²) in [7, 11) is 1.60. The van der Waals surface area contributed by atoms with Crippen molar-refractivity contribution >= 4 is 17.6 Å². The minimum absolute atomic E-state index is 0.196. The monoisotopic (exact) mass is 220 g/mol. The van der Waals surface area contributed by atoms with Gasteiger partial charge in [-0.25, -0.2) is 5.01 Å². The number of carboxylic acid groups (broad SMARTS) is 1. The van der Waals surface area contributed by atoms with Crippen molar-refractivity contribution in [1.82, 2.24) is 5.01 Å². The lowest BCUT2D eigenvalue weighted by Crippen LogP contribution is -2.42. The predicted molar refractivity (Wildman–Crippen MR) is 57.7 cm³/mol. The first-order valence-electron chi connectivity index (χ1n) is 4.89. The van der Waals surface area contributed by atoms with E-state index in [-0.39, 0.29) is 5.91 Å². The van der Waals surface area contributed by atoms with Crippen LogP contribution >= 0.6 is 0 Å². The topological polar surface area (TPSA) is 60.9 Å². The number of anilines is 1. The molecule has 0 spiro atoms. The van der Waals surface area contributed by atoms with Gasteiger partial charge in [-0.05, 0) is 6.07 Å². The minimum atomic E-state index is -0.960. The van der Waals surface area contributed by atoms with E-state index in [0.29, 0.717) is 11.3 Å². The summed E-state index contributed by atoms with van der Waals surface area (Å²) in [6.45, 7) is 1.41. The highest BCUT2D eigenvalue weighted by Crippen LogP contribution is 2.38. The molecule has 84 valence electrons. The fraction of sp³-hybridized carbons (Fsp3) is 0.273. The van der Waals surface area contributed by atoms with Crippen LogP contribution in [0.5, 0.6) is 0 Å². The normalized spacial score (nSPS) is 19.6. The first-order chi connectivity index (χ1) is 7.54. The van der Waals surface area contributed by atoms with Gasteiger partial charge in [-0.1, -0.05) is 18.2 Å². The molecule has 5 heteroatoms. The molecule has 1 aromatic rings. The Morgan fingerprint density at radius 3 is 2.50 bits per heavy atom. The van der Waals surface area contributed by atoms with Crippen molar-refractivity contribution in [3.63, 3.8) is 0 Å². The highest BCUT2D eigenvalue weighted by atomic mass is 16.4. The van der Waals surface area contributed by atoms with Crippen LogP contribution in [0.3, 0.4) is 0 Å². The van der Waals surface area contributed by atoms with Crippen LogP contribution in [0, 0.1) is 0 Å². The number of likely N-dealkylation sites (N-methyl/N-ethyl adjacent to an activating group) is 1. The second kappa shape index (κ2) is 3.61. The van der Waals surface area contributed by atoms with Gasteiger partial charge in [0.1, 0.15) is 0 Å². The molecule has 0 aliphatic carbocycles. The fourth-order valence-electron chi connectivity index (χ4n) is 2.08. The Balaban J connectivity index is 2.57. The van der Waals surface area contributed by atoms with Crippen molar-refractivity contribution in [3.05, 3.63) is 29.8 Å². The zero-order valence-electron chi connectivity index (χ0n) is 9.04. The first-order valence-corrected chi connectivity index (χ1v) is 4.89. The summed E-state index contributed by atoms with van der Waals surface area (Å²) in [5, 5.41) is 12.0. The maximum Gasteiger partial charge on any atom is 0.327 e. The van der Waals surface area contributed by atoms with Crippen molar-refractivity contribution < 1.29 is 14.7 Å². The second-order valence-electron chi connectivity index (χ2n) is 3.70. The number of hydrazine groups is 1. The molecule has 0 aromatic heterocycles. The lowest BCUT2D eigenvalue weighted by molar-refractivity contribution is -0.143. The van der Waals surface area contributed by atoms with Crippen molar-refractivity contribution in [1.29, 1.82) is 0 Å². The molecule has 0 bridgehead atoms. The number of carboxylic acids is 1. The molecule has 0 saturated heterocycles. The van der Waals surface area contributed by atoms with Crippen LogP contribution in [0.1, 0.15) is 18.5 Å². The van der Waals surface area contributed by atoms with E-state index in [0.717, 1.165) is 0 Å². The molecule has 1 heterocycles. The number of para-hydroxylation sites is 1. The zero-order valence-corrected chi connectivity index (χ0v) is 9.04. The average molecular weight is 220 g/mol. The molecule has 1 N–H and O–H groups in total. The van der Waals surface area contributed by atoms with Crippen LogP contribution in [-0.2, 0) is 9.59 Å². The minimum Gasteiger partial charge on any atom is -0.480 e. The Bertz CT molecular complexity index is 417. The molecular formula is C11H12N2O3. The van der Waals surface area contributed by atoms with Crippen molar-refractivity contribution in [3.8, 4) is 0 Å². The van der Waals surface area contributed by atoms with E-state index in [1.54, 1.807) is 31.3 Å². The van der Waals surface area contributed by atoms with Crippen molar-refractivity contribution in [2.75, 3.05) is 12.1 Å². The molecule has 1 aromatic carbocycles. The molecule has 0 fully saturated rings. The summed E-state index contributed by atoms with van der Waals surface area (Å²) < 4.78 is 0. The molecule has 0 saturated carbocycles. The molecule has 1 atom stereocenters. The lowest BCUT2D eigenvalue weighted by atomic mass is 10.1. The maximum atomic E-state index is 11.5. The van der Waals surface area contributed by atoms with E-state index in [1.807, 2.05) is 0 Å². The number of nitrogens with zero attached hydrogens (tertiary/aromatic N) is 2. The third-order valence-corrected chi connectivity index (χ3v) is 2.68. The van der Waals surface area contributed by atoms with Gasteiger partial charge < -0.3 is 5.11 Å². The number of amides is 1. The molecule has 1 amide bonds. The Morgan fingerprint density at radius 1 is 1.31 bits per heavy atom. The Morgan fingerprint density at radius 2 is 1.94 bits per heavy atom. The van der Waals surface area contributed by atoms with Gasteiger partial charge in [-0.3, -0.25) is 9.59 Å². The largest absolute Gasteiger partial charge is 0.480 e. The summed E-state index contributed by atoms with van der Waals surface area (Å²) >= 11 is 0. The maximum absolute atomic E-state index is 11.5.